The van der Waals surface area contributed by atoms with Crippen LogP contribution in [0, 0.1) is 0 Å². The highest BCUT2D eigenvalue weighted by Gasteiger charge is 2.09. The molecule has 24 heavy (non-hydrogen) atoms. The van der Waals surface area contributed by atoms with Crippen molar-refractivity contribution in [2.45, 2.75) is 4.90 Å². The Morgan fingerprint density at radius 3 is 2.75 bits per heavy atom. The number of hydrazine groups is 1. The molecule has 0 saturated heterocycles. The van der Waals surface area contributed by atoms with Crippen LogP contribution in [0.2, 0.25) is 0 Å². The third kappa shape index (κ3) is 7.46. The van der Waals surface area contributed by atoms with Crippen molar-refractivity contribution >= 4 is 40.5 Å². The van der Waals surface area contributed by atoms with Crippen LogP contribution in [-0.2, 0) is 14.8 Å². The molecule has 1 rings (SSSR count). The highest BCUT2D eigenvalue weighted by atomic mass is 32.3. The van der Waals surface area contributed by atoms with E-state index in [9.17, 15) is 13.2 Å². The molecular weight excluding hydrogens is 354 g/mol. The summed E-state index contributed by atoms with van der Waals surface area (Å²) in [6.45, 7) is 3.47. The highest BCUT2D eigenvalue weighted by molar-refractivity contribution is 8.11. The molecule has 1 aromatic rings. The summed E-state index contributed by atoms with van der Waals surface area (Å²) in [6, 6.07) is 4.89. The van der Waals surface area contributed by atoms with Crippen LogP contribution < -0.4 is 21.5 Å². The number of ether oxygens (including phenoxy) is 1. The average molecular weight is 373 g/mol. The van der Waals surface area contributed by atoms with E-state index in [0.717, 1.165) is 16.8 Å². The topological polar surface area (TPSA) is 154 Å². The first-order valence-electron chi connectivity index (χ1n) is 6.53. The van der Waals surface area contributed by atoms with Crippen molar-refractivity contribution in [2.24, 2.45) is 21.7 Å². The number of thioether (sulfide) groups is 1. The molecule has 0 aliphatic carbocycles. The number of aliphatic imine (C=N–C) groups is 1. The minimum atomic E-state index is -3.62. The Labute approximate surface area is 144 Å². The van der Waals surface area contributed by atoms with Crippen molar-refractivity contribution in [1.29, 1.82) is 0 Å². The quantitative estimate of drug-likeness (QED) is 0.169. The summed E-state index contributed by atoms with van der Waals surface area (Å²) in [6.07, 6.45) is 2.02. The maximum atomic E-state index is 11.1. The van der Waals surface area contributed by atoms with Crippen LogP contribution in [0.4, 0.5) is 5.69 Å². The molecule has 0 amide bonds. The number of primary sulfonamides is 1. The number of sulfonamides is 1. The molecule has 6 N–H and O–H groups in total. The molecular formula is C13H19N5O4S2. The van der Waals surface area contributed by atoms with Gasteiger partial charge in [-0.2, -0.15) is 0 Å². The first-order chi connectivity index (χ1) is 11.2. The van der Waals surface area contributed by atoms with Crippen LogP contribution in [0.1, 0.15) is 0 Å². The van der Waals surface area contributed by atoms with Gasteiger partial charge in [0.1, 0.15) is 23.7 Å². The van der Waals surface area contributed by atoms with Gasteiger partial charge < -0.3 is 20.3 Å². The predicted molar refractivity (Wildman–Crippen MR) is 94.2 cm³/mol. The van der Waals surface area contributed by atoms with Crippen molar-refractivity contribution in [3.63, 3.8) is 0 Å². The largest absolute Gasteiger partial charge is 0.487 e. The first-order valence-corrected chi connectivity index (χ1v) is 9.23. The van der Waals surface area contributed by atoms with Gasteiger partial charge in [0.2, 0.25) is 10.0 Å². The van der Waals surface area contributed by atoms with Gasteiger partial charge in [-0.1, -0.05) is 0 Å². The Bertz CT molecular complexity index is 721. The van der Waals surface area contributed by atoms with E-state index in [1.807, 2.05) is 0 Å². The van der Waals surface area contributed by atoms with Crippen molar-refractivity contribution in [3.8, 4) is 5.75 Å². The van der Waals surface area contributed by atoms with E-state index in [1.165, 1.54) is 6.20 Å². The number of rotatable bonds is 10. The predicted octanol–water partition coefficient (Wildman–Crippen LogP) is -0.0897. The van der Waals surface area contributed by atoms with Crippen molar-refractivity contribution in [3.05, 3.63) is 30.1 Å². The molecule has 9 nitrogen and oxygen atoms in total. The summed E-state index contributed by atoms with van der Waals surface area (Å²) in [7, 11) is -3.62. The molecule has 132 valence electrons. The molecule has 11 heteroatoms. The van der Waals surface area contributed by atoms with Gasteiger partial charge in [0.05, 0.1) is 17.9 Å². The molecule has 1 aromatic carbocycles. The van der Waals surface area contributed by atoms with Crippen molar-refractivity contribution in [2.75, 3.05) is 18.2 Å². The van der Waals surface area contributed by atoms with Crippen molar-refractivity contribution < 1.29 is 17.9 Å². The zero-order valence-corrected chi connectivity index (χ0v) is 14.4. The Hall–Kier alpha value is -2.08. The van der Waals surface area contributed by atoms with Gasteiger partial charge in [0, 0.05) is 11.1 Å². The zero-order valence-electron chi connectivity index (χ0n) is 12.8. The number of aldehydes is 1. The third-order valence-corrected chi connectivity index (χ3v) is 4.93. The lowest BCUT2D eigenvalue weighted by atomic mass is 10.3. The Morgan fingerprint density at radius 2 is 2.17 bits per heavy atom. The number of carbonyl (C=O) groups is 1. The summed E-state index contributed by atoms with van der Waals surface area (Å²) in [5.41, 5.74) is 6.55. The van der Waals surface area contributed by atoms with Crippen LogP contribution in [0.15, 0.2) is 40.0 Å². The second-order valence-corrected chi connectivity index (χ2v) is 7.57. The number of benzene rings is 1. The molecule has 0 aliphatic rings. The van der Waals surface area contributed by atoms with E-state index in [1.54, 1.807) is 18.2 Å². The second-order valence-electron chi connectivity index (χ2n) is 4.57. The van der Waals surface area contributed by atoms with Gasteiger partial charge in [-0.15, -0.1) is 11.8 Å². The molecule has 0 aromatic heterocycles. The van der Waals surface area contributed by atoms with E-state index >= 15 is 0 Å². The molecule has 0 bridgehead atoms. The summed E-state index contributed by atoms with van der Waals surface area (Å²) < 4.78 is 27.6. The number of nitrogens with two attached hydrogens (primary N) is 3. The van der Waals surface area contributed by atoms with Crippen LogP contribution in [0.3, 0.4) is 0 Å². The second kappa shape index (κ2) is 9.27. The van der Waals surface area contributed by atoms with Crippen LogP contribution in [0.25, 0.3) is 0 Å². The highest BCUT2D eigenvalue weighted by Crippen LogP contribution is 2.33. The number of carbonyl (C=O) groups excluding carboxylic acids is 1. The van der Waals surface area contributed by atoms with Gasteiger partial charge in [0.25, 0.3) is 0 Å². The minimum Gasteiger partial charge on any atom is -0.487 e. The zero-order chi connectivity index (χ0) is 18.2. The monoisotopic (exact) mass is 373 g/mol. The van der Waals surface area contributed by atoms with E-state index in [-0.39, 0.29) is 18.2 Å². The fraction of sp³-hybridized carbons (Fsp3) is 0.231. The van der Waals surface area contributed by atoms with Gasteiger partial charge >= 0.3 is 0 Å². The summed E-state index contributed by atoms with van der Waals surface area (Å²) >= 11 is 1.00. The van der Waals surface area contributed by atoms with Gasteiger partial charge in [-0.3, -0.25) is 4.99 Å². The lowest BCUT2D eigenvalue weighted by Crippen LogP contribution is -2.29. The normalized spacial score (nSPS) is 11.8. The standard InChI is InChI=1S/C13H19N5O4S2/c1-17-12-3-2-11(6-13(12)23-9-24(16,20)21)22-8-10(14)7-18(15)4-5-19/h2-3,5-7H,1,4,8-9,14-15H2,(H2,16,20,21)/b10-7-. The number of hydrogen-bond acceptors (Lipinski definition) is 9. The summed E-state index contributed by atoms with van der Waals surface area (Å²) in [4.78, 5) is 14.7. The fourth-order valence-electron chi connectivity index (χ4n) is 1.53. The van der Waals surface area contributed by atoms with Gasteiger partial charge in [-0.25, -0.2) is 19.4 Å². The van der Waals surface area contributed by atoms with Crippen LogP contribution in [-0.4, -0.2) is 44.7 Å². The number of hydrogen-bond donors (Lipinski definition) is 3. The Morgan fingerprint density at radius 1 is 1.46 bits per heavy atom. The van der Waals surface area contributed by atoms with Crippen LogP contribution in [0.5, 0.6) is 5.75 Å². The lowest BCUT2D eigenvalue weighted by Gasteiger charge is -2.13. The number of nitrogens with zero attached hydrogens (tertiary/aromatic N) is 2. The molecule has 0 radical (unpaired) electrons. The maximum Gasteiger partial charge on any atom is 0.218 e. The van der Waals surface area contributed by atoms with Crippen LogP contribution >= 0.6 is 11.8 Å². The third-order valence-electron chi connectivity index (χ3n) is 2.50. The minimum absolute atomic E-state index is 0.00868. The van der Waals surface area contributed by atoms with Gasteiger partial charge in [0.15, 0.2) is 0 Å². The molecule has 0 fully saturated rings. The van der Waals surface area contributed by atoms with Crippen molar-refractivity contribution in [1.82, 2.24) is 5.01 Å². The smallest absolute Gasteiger partial charge is 0.218 e. The summed E-state index contributed by atoms with van der Waals surface area (Å²) in [5.74, 6) is 5.95. The molecule has 0 aliphatic heterocycles. The molecule has 0 saturated carbocycles. The summed E-state index contributed by atoms with van der Waals surface area (Å²) in [5, 5.41) is 5.82. The maximum absolute atomic E-state index is 11.1. The fourth-order valence-corrected chi connectivity index (χ4v) is 3.18. The van der Waals surface area contributed by atoms with E-state index in [4.69, 9.17) is 21.5 Å². The average Bonchev–Trinajstić information content (AvgIpc) is 2.50. The lowest BCUT2D eigenvalue weighted by molar-refractivity contribution is -0.108. The Kier molecular flexibility index (Phi) is 7.71. The molecule has 0 spiro atoms. The van der Waals surface area contributed by atoms with Gasteiger partial charge in [-0.05, 0) is 24.9 Å². The van der Waals surface area contributed by atoms with E-state index < -0.39 is 10.0 Å². The SMILES string of the molecule is C=Nc1ccc(OC/C(N)=C/N(N)CC=O)cc1SCS(N)(=O)=O. The Balaban J connectivity index is 2.79. The molecule has 0 unspecified atom stereocenters. The molecule has 0 atom stereocenters. The molecule has 0 heterocycles. The first kappa shape index (κ1) is 20.0. The van der Waals surface area contributed by atoms with E-state index in [2.05, 4.69) is 11.7 Å². The van der Waals surface area contributed by atoms with E-state index in [0.29, 0.717) is 28.3 Å².